The van der Waals surface area contributed by atoms with Gasteiger partial charge in [-0.25, -0.2) is 0 Å². The van der Waals surface area contributed by atoms with Crippen molar-refractivity contribution in [3.8, 4) is 11.1 Å². The molecule has 0 saturated heterocycles. The van der Waals surface area contributed by atoms with Gasteiger partial charge in [-0.2, -0.15) is 0 Å². The molecule has 0 saturated carbocycles. The lowest BCUT2D eigenvalue weighted by Crippen LogP contribution is -1.88. The molecule has 82 valence electrons. The Bertz CT molecular complexity index is 465. The first-order chi connectivity index (χ1) is 7.81. The molecule has 0 atom stereocenters. The normalized spacial score (nSPS) is 10.3. The van der Waals surface area contributed by atoms with Crippen LogP contribution in [0.4, 0.5) is 5.69 Å². The molecular formula is C14H15NS. The minimum absolute atomic E-state index is 0.819. The zero-order valence-electron chi connectivity index (χ0n) is 9.31. The minimum Gasteiger partial charge on any atom is -0.399 e. The van der Waals surface area contributed by atoms with Gasteiger partial charge in [0, 0.05) is 10.6 Å². The van der Waals surface area contributed by atoms with Crippen molar-refractivity contribution in [2.75, 3.05) is 11.5 Å². The molecule has 0 heterocycles. The van der Waals surface area contributed by atoms with E-state index in [2.05, 4.69) is 37.3 Å². The van der Waals surface area contributed by atoms with Gasteiger partial charge in [0.1, 0.15) is 0 Å². The SMILES string of the molecule is CCSc1ccc(N)cc1-c1ccccc1. The summed E-state index contributed by atoms with van der Waals surface area (Å²) in [4.78, 5) is 1.29. The molecule has 2 aromatic carbocycles. The fourth-order valence-corrected chi connectivity index (χ4v) is 2.48. The quantitative estimate of drug-likeness (QED) is 0.634. The summed E-state index contributed by atoms with van der Waals surface area (Å²) in [5, 5.41) is 0. The van der Waals surface area contributed by atoms with Gasteiger partial charge in [0.15, 0.2) is 0 Å². The standard InChI is InChI=1S/C14H15NS/c1-2-16-14-9-8-12(15)10-13(14)11-6-4-3-5-7-11/h3-10H,2,15H2,1H3. The average Bonchev–Trinajstić information content (AvgIpc) is 2.33. The van der Waals surface area contributed by atoms with Gasteiger partial charge in [0.2, 0.25) is 0 Å². The Morgan fingerprint density at radius 2 is 1.81 bits per heavy atom. The number of rotatable bonds is 3. The maximum atomic E-state index is 5.85. The van der Waals surface area contributed by atoms with E-state index in [0.29, 0.717) is 0 Å². The molecule has 2 aromatic rings. The molecular weight excluding hydrogens is 214 g/mol. The molecule has 2 heteroatoms. The van der Waals surface area contributed by atoms with Crippen molar-refractivity contribution in [3.63, 3.8) is 0 Å². The summed E-state index contributed by atoms with van der Waals surface area (Å²) >= 11 is 1.85. The van der Waals surface area contributed by atoms with Gasteiger partial charge >= 0.3 is 0 Å². The van der Waals surface area contributed by atoms with Crippen molar-refractivity contribution in [3.05, 3.63) is 48.5 Å². The van der Waals surface area contributed by atoms with E-state index >= 15 is 0 Å². The third-order valence-corrected chi connectivity index (χ3v) is 3.34. The topological polar surface area (TPSA) is 26.0 Å². The molecule has 1 nitrogen and oxygen atoms in total. The first-order valence-electron chi connectivity index (χ1n) is 5.39. The van der Waals surface area contributed by atoms with E-state index in [9.17, 15) is 0 Å². The lowest BCUT2D eigenvalue weighted by molar-refractivity contribution is 1.42. The van der Waals surface area contributed by atoms with Crippen LogP contribution in [0.25, 0.3) is 11.1 Å². The number of thioether (sulfide) groups is 1. The number of benzene rings is 2. The summed E-state index contributed by atoms with van der Waals surface area (Å²) in [6, 6.07) is 16.5. The Balaban J connectivity index is 2.49. The van der Waals surface area contributed by atoms with Crippen LogP contribution in [0, 0.1) is 0 Å². The molecule has 0 spiro atoms. The van der Waals surface area contributed by atoms with E-state index in [4.69, 9.17) is 5.73 Å². The summed E-state index contributed by atoms with van der Waals surface area (Å²) in [7, 11) is 0. The summed E-state index contributed by atoms with van der Waals surface area (Å²) < 4.78 is 0. The van der Waals surface area contributed by atoms with Gasteiger partial charge in [-0.1, -0.05) is 37.3 Å². The van der Waals surface area contributed by atoms with Crippen LogP contribution in [0.2, 0.25) is 0 Å². The first kappa shape index (κ1) is 11.1. The summed E-state index contributed by atoms with van der Waals surface area (Å²) in [6.45, 7) is 2.16. The second-order valence-electron chi connectivity index (χ2n) is 3.55. The van der Waals surface area contributed by atoms with Crippen molar-refractivity contribution in [1.82, 2.24) is 0 Å². The Hall–Kier alpha value is -1.41. The molecule has 0 amide bonds. The van der Waals surface area contributed by atoms with Crippen molar-refractivity contribution in [2.45, 2.75) is 11.8 Å². The van der Waals surface area contributed by atoms with Crippen LogP contribution in [-0.2, 0) is 0 Å². The molecule has 16 heavy (non-hydrogen) atoms. The second-order valence-corrected chi connectivity index (χ2v) is 4.86. The fraction of sp³-hybridized carbons (Fsp3) is 0.143. The molecule has 0 aliphatic heterocycles. The number of nitrogens with two attached hydrogens (primary N) is 1. The molecule has 0 unspecified atom stereocenters. The summed E-state index contributed by atoms with van der Waals surface area (Å²) in [5.74, 6) is 1.07. The Morgan fingerprint density at radius 1 is 1.06 bits per heavy atom. The number of hydrogen-bond donors (Lipinski definition) is 1. The van der Waals surface area contributed by atoms with E-state index in [1.54, 1.807) is 0 Å². The van der Waals surface area contributed by atoms with E-state index in [1.165, 1.54) is 16.0 Å². The van der Waals surface area contributed by atoms with Crippen molar-refractivity contribution in [2.24, 2.45) is 0 Å². The van der Waals surface area contributed by atoms with Gasteiger partial charge in [0.05, 0.1) is 0 Å². The van der Waals surface area contributed by atoms with Gasteiger partial charge in [-0.3, -0.25) is 0 Å². The van der Waals surface area contributed by atoms with Gasteiger partial charge < -0.3 is 5.73 Å². The highest BCUT2D eigenvalue weighted by molar-refractivity contribution is 7.99. The van der Waals surface area contributed by atoms with Crippen LogP contribution in [0.15, 0.2) is 53.4 Å². The zero-order valence-corrected chi connectivity index (χ0v) is 10.1. The van der Waals surface area contributed by atoms with Gasteiger partial charge in [-0.05, 0) is 35.1 Å². The van der Waals surface area contributed by atoms with Crippen LogP contribution >= 0.6 is 11.8 Å². The van der Waals surface area contributed by atoms with Crippen LogP contribution in [0.5, 0.6) is 0 Å². The average molecular weight is 229 g/mol. The third kappa shape index (κ3) is 2.39. The lowest BCUT2D eigenvalue weighted by Gasteiger charge is -2.09. The maximum Gasteiger partial charge on any atom is 0.0321 e. The van der Waals surface area contributed by atoms with E-state index < -0.39 is 0 Å². The largest absolute Gasteiger partial charge is 0.399 e. The van der Waals surface area contributed by atoms with Gasteiger partial charge in [0.25, 0.3) is 0 Å². The summed E-state index contributed by atoms with van der Waals surface area (Å²) in [5.41, 5.74) is 9.13. The molecule has 2 rings (SSSR count). The van der Waals surface area contributed by atoms with Crippen LogP contribution < -0.4 is 5.73 Å². The summed E-state index contributed by atoms with van der Waals surface area (Å²) in [6.07, 6.45) is 0. The molecule has 0 aromatic heterocycles. The van der Waals surface area contributed by atoms with E-state index in [0.717, 1.165) is 11.4 Å². The number of nitrogen functional groups attached to an aromatic ring is 1. The Labute approximate surface area is 101 Å². The van der Waals surface area contributed by atoms with Crippen molar-refractivity contribution >= 4 is 17.4 Å². The zero-order chi connectivity index (χ0) is 11.4. The van der Waals surface area contributed by atoms with Crippen LogP contribution in [0.3, 0.4) is 0 Å². The fourth-order valence-electron chi connectivity index (χ4n) is 1.67. The molecule has 0 bridgehead atoms. The van der Waals surface area contributed by atoms with E-state index in [1.807, 2.05) is 30.0 Å². The van der Waals surface area contributed by atoms with Crippen molar-refractivity contribution in [1.29, 1.82) is 0 Å². The molecule has 0 radical (unpaired) electrons. The maximum absolute atomic E-state index is 5.85. The highest BCUT2D eigenvalue weighted by atomic mass is 32.2. The smallest absolute Gasteiger partial charge is 0.0321 e. The van der Waals surface area contributed by atoms with E-state index in [-0.39, 0.29) is 0 Å². The van der Waals surface area contributed by atoms with Crippen molar-refractivity contribution < 1.29 is 0 Å². The monoisotopic (exact) mass is 229 g/mol. The molecule has 2 N–H and O–H groups in total. The third-order valence-electron chi connectivity index (χ3n) is 2.39. The van der Waals surface area contributed by atoms with Crippen LogP contribution in [0.1, 0.15) is 6.92 Å². The Morgan fingerprint density at radius 3 is 2.50 bits per heavy atom. The second kappa shape index (κ2) is 5.08. The highest BCUT2D eigenvalue weighted by Gasteiger charge is 2.04. The first-order valence-corrected chi connectivity index (χ1v) is 6.37. The molecule has 0 aliphatic carbocycles. The van der Waals surface area contributed by atoms with Crippen LogP contribution in [-0.4, -0.2) is 5.75 Å². The Kier molecular flexibility index (Phi) is 3.52. The highest BCUT2D eigenvalue weighted by Crippen LogP contribution is 2.32. The van der Waals surface area contributed by atoms with Gasteiger partial charge in [-0.15, -0.1) is 11.8 Å². The minimum atomic E-state index is 0.819. The number of anilines is 1. The lowest BCUT2D eigenvalue weighted by atomic mass is 10.1. The predicted octanol–water partition coefficient (Wildman–Crippen LogP) is 4.05. The molecule has 0 aliphatic rings. The predicted molar refractivity (Wildman–Crippen MR) is 72.7 cm³/mol. The molecule has 0 fully saturated rings. The number of hydrogen-bond acceptors (Lipinski definition) is 2.